The van der Waals surface area contributed by atoms with Crippen LogP contribution >= 0.6 is 0 Å². The Balaban J connectivity index is 1.83. The van der Waals surface area contributed by atoms with Gasteiger partial charge in [0.25, 0.3) is 10.0 Å². The van der Waals surface area contributed by atoms with Crippen LogP contribution in [0.25, 0.3) is 11.0 Å². The molecular weight excluding hydrogens is 374 g/mol. The molecule has 0 spiro atoms. The molecule has 0 unspecified atom stereocenters. The fourth-order valence-electron chi connectivity index (χ4n) is 3.72. The van der Waals surface area contributed by atoms with Gasteiger partial charge in [0.1, 0.15) is 6.07 Å². The maximum atomic E-state index is 13.0. The zero-order valence-electron chi connectivity index (χ0n) is 15.5. The van der Waals surface area contributed by atoms with E-state index in [9.17, 15) is 13.7 Å². The molecule has 0 bridgehead atoms. The van der Waals surface area contributed by atoms with Crippen molar-refractivity contribution in [3.63, 3.8) is 0 Å². The lowest BCUT2D eigenvalue weighted by Crippen LogP contribution is -2.28. The number of nitrogens with one attached hydrogen (secondary N) is 2. The molecule has 0 aliphatic carbocycles. The van der Waals surface area contributed by atoms with Gasteiger partial charge >= 0.3 is 0 Å². The van der Waals surface area contributed by atoms with E-state index in [1.807, 2.05) is 0 Å². The lowest BCUT2D eigenvalue weighted by Gasteiger charge is -2.21. The average Bonchev–Trinajstić information content (AvgIpc) is 3.35. The molecule has 1 aliphatic rings. The maximum absolute atomic E-state index is 13.0. The van der Waals surface area contributed by atoms with Crippen molar-refractivity contribution in [2.24, 2.45) is 5.92 Å². The lowest BCUT2D eigenvalue weighted by atomic mass is 10.00. The monoisotopic (exact) mass is 395 g/mol. The van der Waals surface area contributed by atoms with Crippen LogP contribution in [0.1, 0.15) is 18.9 Å². The van der Waals surface area contributed by atoms with E-state index in [1.165, 1.54) is 16.4 Å². The maximum Gasteiger partial charge on any atom is 0.269 e. The third-order valence-electron chi connectivity index (χ3n) is 5.30. The molecule has 144 valence electrons. The van der Waals surface area contributed by atoms with Gasteiger partial charge in [0.15, 0.2) is 5.65 Å². The summed E-state index contributed by atoms with van der Waals surface area (Å²) in [6, 6.07) is 12.3. The number of aromatic nitrogens is 2. The van der Waals surface area contributed by atoms with Crippen molar-refractivity contribution < 1.29 is 8.42 Å². The first-order valence-electron chi connectivity index (χ1n) is 9.24. The Morgan fingerprint density at radius 1 is 1.29 bits per heavy atom. The highest BCUT2D eigenvalue weighted by Crippen LogP contribution is 2.31. The predicted molar refractivity (Wildman–Crippen MR) is 108 cm³/mol. The Bertz CT molecular complexity index is 1150. The Kier molecular flexibility index (Phi) is 4.79. The molecule has 1 saturated heterocycles. The molecule has 0 radical (unpaired) electrons. The summed E-state index contributed by atoms with van der Waals surface area (Å²) in [6.45, 7) is 3.87. The quantitative estimate of drug-likeness (QED) is 0.689. The third-order valence-corrected chi connectivity index (χ3v) is 6.98. The van der Waals surface area contributed by atoms with Crippen LogP contribution in [-0.4, -0.2) is 36.5 Å². The number of nitrogens with zero attached hydrogens (tertiary/aromatic N) is 3. The number of hydrogen-bond donors (Lipinski definition) is 2. The van der Waals surface area contributed by atoms with Gasteiger partial charge < -0.3 is 10.6 Å². The zero-order valence-corrected chi connectivity index (χ0v) is 16.3. The second-order valence-electron chi connectivity index (χ2n) is 6.90. The first kappa shape index (κ1) is 18.5. The van der Waals surface area contributed by atoms with Crippen LogP contribution < -0.4 is 10.6 Å². The molecule has 3 heterocycles. The molecule has 8 heteroatoms. The highest BCUT2D eigenvalue weighted by molar-refractivity contribution is 7.90. The topological polar surface area (TPSA) is 99.8 Å². The van der Waals surface area contributed by atoms with Crippen molar-refractivity contribution in [3.8, 4) is 6.07 Å². The minimum absolute atomic E-state index is 0.178. The SMILES string of the molecule is CC[C@@H]1CNC[C@@H]1Nc1c(C#N)cnc2c1ccn2S(=O)(=O)c1ccccc1. The standard InChI is InChI=1S/C20H21N5O2S/c1-2-14-11-22-13-18(14)24-19-15(10-21)12-23-20-17(19)8-9-25(20)28(26,27)16-6-4-3-5-7-16/h3-9,12,14,18,22H,2,11,13H2,1H3,(H,23,24)/t14-,18+/m1/s1. The van der Waals surface area contributed by atoms with Crippen LogP contribution in [0.15, 0.2) is 53.7 Å². The number of pyridine rings is 1. The molecule has 0 amide bonds. The summed E-state index contributed by atoms with van der Waals surface area (Å²) in [6.07, 6.45) is 3.95. The second-order valence-corrected chi connectivity index (χ2v) is 8.72. The van der Waals surface area contributed by atoms with E-state index in [-0.39, 0.29) is 10.9 Å². The highest BCUT2D eigenvalue weighted by atomic mass is 32.2. The predicted octanol–water partition coefficient (Wildman–Crippen LogP) is 2.55. The number of nitriles is 1. The molecule has 2 atom stereocenters. The van der Waals surface area contributed by atoms with Gasteiger partial charge in [-0.2, -0.15) is 5.26 Å². The van der Waals surface area contributed by atoms with Crippen molar-refractivity contribution in [2.75, 3.05) is 18.4 Å². The first-order valence-corrected chi connectivity index (χ1v) is 10.7. The van der Waals surface area contributed by atoms with E-state index in [0.717, 1.165) is 19.5 Å². The Morgan fingerprint density at radius 2 is 2.07 bits per heavy atom. The molecule has 4 rings (SSSR count). The Hall–Kier alpha value is -2.89. The van der Waals surface area contributed by atoms with Crippen LogP contribution in [0.2, 0.25) is 0 Å². The number of anilines is 1. The van der Waals surface area contributed by atoms with Crippen molar-refractivity contribution in [2.45, 2.75) is 24.3 Å². The number of hydrogen-bond acceptors (Lipinski definition) is 6. The fourth-order valence-corrected chi connectivity index (χ4v) is 5.04. The Morgan fingerprint density at radius 3 is 2.79 bits per heavy atom. The number of rotatable bonds is 5. The molecule has 1 fully saturated rings. The van der Waals surface area contributed by atoms with Gasteiger partial charge in [-0.1, -0.05) is 31.5 Å². The number of benzene rings is 1. The van der Waals surface area contributed by atoms with E-state index in [0.29, 0.717) is 28.2 Å². The molecule has 0 saturated carbocycles. The molecule has 1 aliphatic heterocycles. The van der Waals surface area contributed by atoms with Crippen molar-refractivity contribution >= 4 is 26.7 Å². The molecule has 2 aromatic heterocycles. The normalized spacial score (nSPS) is 19.6. The van der Waals surface area contributed by atoms with E-state index >= 15 is 0 Å². The summed E-state index contributed by atoms with van der Waals surface area (Å²) >= 11 is 0. The highest BCUT2D eigenvalue weighted by Gasteiger charge is 2.28. The van der Waals surface area contributed by atoms with Gasteiger partial charge in [-0.05, 0) is 24.1 Å². The summed E-state index contributed by atoms with van der Waals surface area (Å²) in [4.78, 5) is 4.48. The molecule has 28 heavy (non-hydrogen) atoms. The van der Waals surface area contributed by atoms with E-state index in [2.05, 4.69) is 28.6 Å². The van der Waals surface area contributed by atoms with Crippen LogP contribution in [0.5, 0.6) is 0 Å². The first-order chi connectivity index (χ1) is 13.6. The van der Waals surface area contributed by atoms with E-state index in [4.69, 9.17) is 0 Å². The molecular formula is C20H21N5O2S. The smallest absolute Gasteiger partial charge is 0.269 e. The summed E-state index contributed by atoms with van der Waals surface area (Å²) in [5.74, 6) is 0.449. The molecule has 7 nitrogen and oxygen atoms in total. The lowest BCUT2D eigenvalue weighted by molar-refractivity contribution is 0.522. The van der Waals surface area contributed by atoms with Gasteiger partial charge in [0.2, 0.25) is 0 Å². The summed E-state index contributed by atoms with van der Waals surface area (Å²) in [7, 11) is -3.77. The summed E-state index contributed by atoms with van der Waals surface area (Å²) in [5.41, 5.74) is 1.36. The van der Waals surface area contributed by atoms with Crippen molar-refractivity contribution in [3.05, 3.63) is 54.4 Å². The van der Waals surface area contributed by atoms with Crippen LogP contribution in [0.4, 0.5) is 5.69 Å². The molecule has 3 aromatic rings. The second kappa shape index (κ2) is 7.26. The zero-order chi connectivity index (χ0) is 19.7. The van der Waals surface area contributed by atoms with Crippen molar-refractivity contribution in [1.29, 1.82) is 5.26 Å². The van der Waals surface area contributed by atoms with Gasteiger partial charge in [-0.3, -0.25) is 0 Å². The fraction of sp³-hybridized carbons (Fsp3) is 0.300. The molecule has 2 N–H and O–H groups in total. The van der Waals surface area contributed by atoms with Crippen LogP contribution in [0, 0.1) is 17.2 Å². The van der Waals surface area contributed by atoms with Crippen molar-refractivity contribution in [1.82, 2.24) is 14.3 Å². The van der Waals surface area contributed by atoms with Gasteiger partial charge in [0, 0.05) is 36.9 Å². The van der Waals surface area contributed by atoms with Gasteiger partial charge in [-0.25, -0.2) is 17.4 Å². The minimum atomic E-state index is -3.77. The average molecular weight is 395 g/mol. The number of fused-ring (bicyclic) bond motifs is 1. The Labute approximate surface area is 164 Å². The van der Waals surface area contributed by atoms with E-state index < -0.39 is 10.0 Å². The van der Waals surface area contributed by atoms with E-state index in [1.54, 1.807) is 36.4 Å². The minimum Gasteiger partial charge on any atom is -0.379 e. The van der Waals surface area contributed by atoms with Crippen LogP contribution in [0.3, 0.4) is 0 Å². The van der Waals surface area contributed by atoms with Gasteiger partial charge in [0.05, 0.1) is 16.1 Å². The van der Waals surface area contributed by atoms with Gasteiger partial charge in [-0.15, -0.1) is 0 Å². The molecule has 1 aromatic carbocycles. The van der Waals surface area contributed by atoms with Crippen LogP contribution in [-0.2, 0) is 10.0 Å². The third kappa shape index (κ3) is 3.03. The largest absolute Gasteiger partial charge is 0.379 e. The summed E-state index contributed by atoms with van der Waals surface area (Å²) in [5, 5.41) is 17.0. The summed E-state index contributed by atoms with van der Waals surface area (Å²) < 4.78 is 27.3.